The predicted octanol–water partition coefficient (Wildman–Crippen LogP) is 5.29. The second-order valence-corrected chi connectivity index (χ2v) is 7.17. The molecule has 4 rings (SSSR count). The van der Waals surface area contributed by atoms with Gasteiger partial charge in [-0.2, -0.15) is 0 Å². The third-order valence-corrected chi connectivity index (χ3v) is 4.84. The van der Waals surface area contributed by atoms with Gasteiger partial charge in [-0.25, -0.2) is 4.79 Å². The first-order valence-corrected chi connectivity index (χ1v) is 10.1. The quantitative estimate of drug-likeness (QED) is 0.405. The van der Waals surface area contributed by atoms with Crippen LogP contribution in [0.15, 0.2) is 78.6 Å². The van der Waals surface area contributed by atoms with Crippen LogP contribution in [0.5, 0.6) is 11.5 Å². The van der Waals surface area contributed by atoms with Crippen LogP contribution in [-0.2, 0) is 9.53 Å². The summed E-state index contributed by atoms with van der Waals surface area (Å²) in [5.74, 6) is 0.393. The largest absolute Gasteiger partial charge is 0.474 e. The zero-order valence-electron chi connectivity index (χ0n) is 17.3. The van der Waals surface area contributed by atoms with Gasteiger partial charge in [0.2, 0.25) is 11.9 Å². The van der Waals surface area contributed by atoms with Crippen LogP contribution in [0, 0.1) is 6.92 Å². The van der Waals surface area contributed by atoms with Crippen molar-refractivity contribution in [2.75, 3.05) is 6.61 Å². The molecule has 0 spiro atoms. The van der Waals surface area contributed by atoms with Crippen LogP contribution in [-0.4, -0.2) is 18.4 Å². The number of allylic oxidation sites excluding steroid dienone is 1. The summed E-state index contributed by atoms with van der Waals surface area (Å²) in [6.07, 6.45) is 0.806. The fourth-order valence-electron chi connectivity index (χ4n) is 3.39. The average Bonchev–Trinajstić information content (AvgIpc) is 3.07. The molecular formula is C26H22O5. The van der Waals surface area contributed by atoms with Gasteiger partial charge in [-0.3, -0.25) is 4.79 Å². The summed E-state index contributed by atoms with van der Waals surface area (Å²) in [6.45, 7) is 3.99. The minimum Gasteiger partial charge on any atom is -0.474 e. The Balaban J connectivity index is 1.59. The number of benzene rings is 3. The van der Waals surface area contributed by atoms with E-state index < -0.39 is 12.1 Å². The van der Waals surface area contributed by atoms with Crippen LogP contribution in [0.2, 0.25) is 0 Å². The Morgan fingerprint density at radius 1 is 1.03 bits per heavy atom. The van der Waals surface area contributed by atoms with E-state index in [2.05, 4.69) is 0 Å². The highest BCUT2D eigenvalue weighted by molar-refractivity contribution is 6.14. The lowest BCUT2D eigenvalue weighted by Gasteiger charge is -2.18. The Morgan fingerprint density at radius 2 is 1.84 bits per heavy atom. The van der Waals surface area contributed by atoms with Crippen molar-refractivity contribution in [2.45, 2.75) is 20.0 Å². The molecule has 0 N–H and O–H groups in total. The standard InChI is InChI=1S/C26H22O5/c1-3-29-26(28)25(19-10-5-4-6-11-19)30-20-12-13-21-22(16-20)31-23(24(21)27)15-18-9-7-8-17(2)14-18/h4-16,25H,3H2,1-2H3/b23-15-. The molecule has 0 aromatic heterocycles. The molecule has 156 valence electrons. The highest BCUT2D eigenvalue weighted by Crippen LogP contribution is 2.36. The molecule has 0 bridgehead atoms. The normalized spacial score (nSPS) is 14.6. The first-order chi connectivity index (χ1) is 15.0. The molecule has 1 unspecified atom stereocenters. The molecule has 1 heterocycles. The topological polar surface area (TPSA) is 61.8 Å². The summed E-state index contributed by atoms with van der Waals surface area (Å²) >= 11 is 0. The minimum absolute atomic E-state index is 0.187. The van der Waals surface area contributed by atoms with Crippen LogP contribution >= 0.6 is 0 Å². The molecule has 1 aliphatic heterocycles. The van der Waals surface area contributed by atoms with Gasteiger partial charge >= 0.3 is 5.97 Å². The van der Waals surface area contributed by atoms with Crippen molar-refractivity contribution >= 4 is 17.8 Å². The molecule has 0 amide bonds. The summed E-state index contributed by atoms with van der Waals surface area (Å²) in [5, 5.41) is 0. The van der Waals surface area contributed by atoms with Crippen molar-refractivity contribution in [1.82, 2.24) is 0 Å². The second kappa shape index (κ2) is 8.88. The molecular weight excluding hydrogens is 392 g/mol. The molecule has 0 radical (unpaired) electrons. The second-order valence-electron chi connectivity index (χ2n) is 7.17. The number of fused-ring (bicyclic) bond motifs is 1. The SMILES string of the molecule is CCOC(=O)C(Oc1ccc2c(c1)O/C(=C\c1cccc(C)c1)C2=O)c1ccccc1. The Labute approximate surface area is 180 Å². The van der Waals surface area contributed by atoms with E-state index >= 15 is 0 Å². The first kappa shape index (κ1) is 20.4. The smallest absolute Gasteiger partial charge is 0.352 e. The number of carbonyl (C=O) groups is 2. The maximum Gasteiger partial charge on any atom is 0.352 e. The van der Waals surface area contributed by atoms with Gasteiger partial charge in [0.15, 0.2) is 5.76 Å². The molecule has 0 saturated heterocycles. The minimum atomic E-state index is -0.918. The zero-order chi connectivity index (χ0) is 21.8. The van der Waals surface area contributed by atoms with E-state index in [1.165, 1.54) is 0 Å². The number of hydrogen-bond acceptors (Lipinski definition) is 5. The molecule has 5 nitrogen and oxygen atoms in total. The van der Waals surface area contributed by atoms with Gasteiger partial charge in [0, 0.05) is 11.6 Å². The highest BCUT2D eigenvalue weighted by atomic mass is 16.6. The molecule has 0 saturated carbocycles. The van der Waals surface area contributed by atoms with Crippen molar-refractivity contribution < 1.29 is 23.8 Å². The average molecular weight is 414 g/mol. The van der Waals surface area contributed by atoms with E-state index in [9.17, 15) is 9.59 Å². The fourth-order valence-corrected chi connectivity index (χ4v) is 3.39. The third-order valence-electron chi connectivity index (χ3n) is 4.84. The Kier molecular flexibility index (Phi) is 5.85. The monoisotopic (exact) mass is 414 g/mol. The van der Waals surface area contributed by atoms with E-state index in [1.807, 2.05) is 49.4 Å². The van der Waals surface area contributed by atoms with Crippen molar-refractivity contribution in [3.05, 3.63) is 101 Å². The summed E-state index contributed by atoms with van der Waals surface area (Å²) < 4.78 is 16.9. The van der Waals surface area contributed by atoms with Gasteiger partial charge in [0.05, 0.1) is 12.2 Å². The van der Waals surface area contributed by atoms with Crippen LogP contribution in [0.1, 0.15) is 40.1 Å². The lowest BCUT2D eigenvalue weighted by Crippen LogP contribution is -2.21. The Morgan fingerprint density at radius 3 is 2.58 bits per heavy atom. The highest BCUT2D eigenvalue weighted by Gasteiger charge is 2.29. The number of rotatable bonds is 6. The maximum absolute atomic E-state index is 12.7. The number of aryl methyl sites for hydroxylation is 1. The van der Waals surface area contributed by atoms with Crippen molar-refractivity contribution in [1.29, 1.82) is 0 Å². The van der Waals surface area contributed by atoms with Gasteiger partial charge in [0.25, 0.3) is 0 Å². The molecule has 3 aromatic carbocycles. The van der Waals surface area contributed by atoms with Crippen LogP contribution in [0.3, 0.4) is 0 Å². The molecule has 1 aliphatic rings. The van der Waals surface area contributed by atoms with E-state index in [-0.39, 0.29) is 18.1 Å². The molecule has 5 heteroatoms. The third kappa shape index (κ3) is 4.51. The number of hydrogen-bond donors (Lipinski definition) is 0. The van der Waals surface area contributed by atoms with Crippen LogP contribution < -0.4 is 9.47 Å². The van der Waals surface area contributed by atoms with Crippen LogP contribution in [0.4, 0.5) is 0 Å². The summed E-state index contributed by atoms with van der Waals surface area (Å²) in [6, 6.07) is 21.9. The van der Waals surface area contributed by atoms with E-state index in [1.54, 1.807) is 43.3 Å². The van der Waals surface area contributed by atoms with E-state index in [4.69, 9.17) is 14.2 Å². The predicted molar refractivity (Wildman–Crippen MR) is 117 cm³/mol. The lowest BCUT2D eigenvalue weighted by atomic mass is 10.1. The van der Waals surface area contributed by atoms with Crippen LogP contribution in [0.25, 0.3) is 6.08 Å². The fraction of sp³-hybridized carbons (Fsp3) is 0.154. The molecule has 31 heavy (non-hydrogen) atoms. The molecule has 0 fully saturated rings. The van der Waals surface area contributed by atoms with Gasteiger partial charge in [-0.05, 0) is 37.6 Å². The maximum atomic E-state index is 12.7. The van der Waals surface area contributed by atoms with E-state index in [0.717, 1.165) is 11.1 Å². The Bertz CT molecular complexity index is 1150. The number of Topliss-reactive ketones (excluding diaryl/α,β-unsaturated/α-hetero) is 1. The number of esters is 1. The van der Waals surface area contributed by atoms with Crippen molar-refractivity contribution in [3.63, 3.8) is 0 Å². The summed E-state index contributed by atoms with van der Waals surface area (Å²) in [7, 11) is 0. The van der Waals surface area contributed by atoms with Crippen molar-refractivity contribution in [3.8, 4) is 11.5 Å². The molecule has 1 atom stereocenters. The van der Waals surface area contributed by atoms with Gasteiger partial charge in [-0.15, -0.1) is 0 Å². The molecule has 0 aliphatic carbocycles. The van der Waals surface area contributed by atoms with Gasteiger partial charge in [-0.1, -0.05) is 60.2 Å². The number of ketones is 1. The first-order valence-electron chi connectivity index (χ1n) is 10.1. The van der Waals surface area contributed by atoms with Crippen molar-refractivity contribution in [2.24, 2.45) is 0 Å². The van der Waals surface area contributed by atoms with E-state index in [0.29, 0.717) is 22.6 Å². The molecule has 3 aromatic rings. The van der Waals surface area contributed by atoms with Gasteiger partial charge < -0.3 is 14.2 Å². The summed E-state index contributed by atoms with van der Waals surface area (Å²) in [4.78, 5) is 25.2. The number of carbonyl (C=O) groups excluding carboxylic acids is 2. The zero-order valence-corrected chi connectivity index (χ0v) is 17.3. The number of ether oxygens (including phenoxy) is 3. The van der Waals surface area contributed by atoms with Gasteiger partial charge in [0.1, 0.15) is 11.5 Å². The Hall–Kier alpha value is -3.86. The summed E-state index contributed by atoms with van der Waals surface area (Å²) in [5.41, 5.74) is 3.12. The lowest BCUT2D eigenvalue weighted by molar-refractivity contribution is -0.151.